The largest absolute Gasteiger partial charge is 0.382 e. The Labute approximate surface area is 164 Å². The third-order valence-electron chi connectivity index (χ3n) is 6.41. The average Bonchev–Trinajstić information content (AvgIpc) is 3.38. The van der Waals surface area contributed by atoms with Crippen LogP contribution in [-0.2, 0) is 0 Å². The van der Waals surface area contributed by atoms with Gasteiger partial charge in [0.1, 0.15) is 5.82 Å². The molecule has 28 heavy (non-hydrogen) atoms. The summed E-state index contributed by atoms with van der Waals surface area (Å²) in [5.74, 6) is 2.58. The molecule has 0 bridgehead atoms. The molecule has 0 radical (unpaired) electrons. The molecule has 2 fully saturated rings. The van der Waals surface area contributed by atoms with E-state index in [4.69, 9.17) is 11.5 Å². The van der Waals surface area contributed by atoms with Crippen LogP contribution in [0.3, 0.4) is 0 Å². The number of hydrogen-bond acceptors (Lipinski definition) is 6. The van der Waals surface area contributed by atoms with Crippen molar-refractivity contribution in [1.29, 1.82) is 0 Å². The van der Waals surface area contributed by atoms with Gasteiger partial charge < -0.3 is 16.4 Å². The van der Waals surface area contributed by atoms with Gasteiger partial charge in [-0.15, -0.1) is 0 Å². The summed E-state index contributed by atoms with van der Waals surface area (Å²) in [5.41, 5.74) is 14.7. The molecule has 1 atom stereocenters. The maximum absolute atomic E-state index is 6.13. The van der Waals surface area contributed by atoms with E-state index in [0.29, 0.717) is 17.8 Å². The van der Waals surface area contributed by atoms with Gasteiger partial charge in [0.05, 0.1) is 11.2 Å². The Morgan fingerprint density at radius 1 is 0.964 bits per heavy atom. The molecule has 1 saturated heterocycles. The van der Waals surface area contributed by atoms with Crippen molar-refractivity contribution in [3.63, 3.8) is 0 Å². The van der Waals surface area contributed by atoms with E-state index < -0.39 is 0 Å². The molecule has 1 saturated carbocycles. The summed E-state index contributed by atoms with van der Waals surface area (Å²) in [7, 11) is 0. The molecule has 5 rings (SSSR count). The van der Waals surface area contributed by atoms with Crippen LogP contribution in [0.1, 0.15) is 44.9 Å². The van der Waals surface area contributed by atoms with Crippen LogP contribution in [0.15, 0.2) is 24.3 Å². The number of anilines is 3. The van der Waals surface area contributed by atoms with Gasteiger partial charge >= 0.3 is 0 Å². The summed E-state index contributed by atoms with van der Waals surface area (Å²) in [5, 5.41) is 7.97. The Hall–Kier alpha value is -2.83. The van der Waals surface area contributed by atoms with Crippen molar-refractivity contribution in [3.8, 4) is 11.3 Å². The molecule has 5 N–H and O–H groups in total. The van der Waals surface area contributed by atoms with E-state index in [9.17, 15) is 0 Å². The van der Waals surface area contributed by atoms with Crippen molar-refractivity contribution >= 4 is 28.5 Å². The fraction of sp³-hybridized carbons (Fsp3) is 0.476. The molecule has 0 amide bonds. The number of fused-ring (bicyclic) bond motifs is 1. The normalized spacial score (nSPS) is 20.9. The third kappa shape index (κ3) is 3.04. The molecule has 1 aliphatic heterocycles. The van der Waals surface area contributed by atoms with Crippen LogP contribution in [0.4, 0.5) is 17.6 Å². The summed E-state index contributed by atoms with van der Waals surface area (Å²) < 4.78 is 0. The lowest BCUT2D eigenvalue weighted by Gasteiger charge is -2.40. The Bertz CT molecular complexity index is 990. The SMILES string of the molecule is Nc1nc(-c2ccc3c(N)n[nH]c3c2)cc(N2CCCCC2C2CCCC2)n1. The van der Waals surface area contributed by atoms with Gasteiger partial charge in [-0.1, -0.05) is 18.9 Å². The third-order valence-corrected chi connectivity index (χ3v) is 6.41. The predicted molar refractivity (Wildman–Crippen MR) is 113 cm³/mol. The summed E-state index contributed by atoms with van der Waals surface area (Å²) in [4.78, 5) is 11.6. The van der Waals surface area contributed by atoms with E-state index in [-0.39, 0.29) is 0 Å². The topological polar surface area (TPSA) is 110 Å². The van der Waals surface area contributed by atoms with Crippen molar-refractivity contribution in [2.75, 3.05) is 22.9 Å². The summed E-state index contributed by atoms with van der Waals surface area (Å²) in [6.07, 6.45) is 9.17. The molecule has 1 aromatic carbocycles. The minimum atomic E-state index is 0.326. The highest BCUT2D eigenvalue weighted by Crippen LogP contribution is 2.37. The van der Waals surface area contributed by atoms with Gasteiger partial charge in [0.25, 0.3) is 0 Å². The highest BCUT2D eigenvalue weighted by molar-refractivity contribution is 5.91. The smallest absolute Gasteiger partial charge is 0.222 e. The number of H-pyrrole nitrogens is 1. The van der Waals surface area contributed by atoms with Crippen molar-refractivity contribution in [2.45, 2.75) is 51.0 Å². The molecule has 3 heterocycles. The molecule has 0 spiro atoms. The first-order valence-corrected chi connectivity index (χ1v) is 10.3. The molecule has 146 valence electrons. The summed E-state index contributed by atoms with van der Waals surface area (Å²) in [6, 6.07) is 8.68. The Balaban J connectivity index is 1.52. The van der Waals surface area contributed by atoms with Crippen molar-refractivity contribution in [2.24, 2.45) is 5.92 Å². The Kier molecular flexibility index (Phi) is 4.30. The van der Waals surface area contributed by atoms with Crippen molar-refractivity contribution in [3.05, 3.63) is 24.3 Å². The van der Waals surface area contributed by atoms with Crippen LogP contribution in [0.25, 0.3) is 22.2 Å². The first-order chi connectivity index (χ1) is 13.7. The predicted octanol–water partition coefficient (Wildman–Crippen LogP) is 3.73. The molecular weight excluding hydrogens is 350 g/mol. The number of nitrogens with two attached hydrogens (primary N) is 2. The van der Waals surface area contributed by atoms with Gasteiger partial charge in [-0.25, -0.2) is 4.98 Å². The van der Waals surface area contributed by atoms with Gasteiger partial charge in [0, 0.05) is 29.6 Å². The molecular formula is C21H27N7. The van der Waals surface area contributed by atoms with Gasteiger partial charge in [-0.2, -0.15) is 10.1 Å². The Morgan fingerprint density at radius 3 is 2.64 bits per heavy atom. The first kappa shape index (κ1) is 17.3. The van der Waals surface area contributed by atoms with E-state index >= 15 is 0 Å². The number of nitrogens with one attached hydrogen (secondary N) is 1. The van der Waals surface area contributed by atoms with Crippen molar-refractivity contribution in [1.82, 2.24) is 20.2 Å². The molecule has 7 nitrogen and oxygen atoms in total. The standard InChI is InChI=1S/C21H27N7/c22-20-15-9-8-14(11-17(15)26-27-20)16-12-19(25-21(23)24-16)28-10-4-3-7-18(28)13-5-1-2-6-13/h8-9,11-13,18H,1-7,10H2,(H3,22,26,27)(H2,23,24,25). The summed E-state index contributed by atoms with van der Waals surface area (Å²) >= 11 is 0. The second-order valence-electron chi connectivity index (χ2n) is 8.14. The van der Waals surface area contributed by atoms with Gasteiger partial charge in [-0.3, -0.25) is 5.10 Å². The van der Waals surface area contributed by atoms with E-state index in [2.05, 4.69) is 31.1 Å². The second kappa shape index (κ2) is 6.96. The van der Waals surface area contributed by atoms with E-state index in [1.807, 2.05) is 18.2 Å². The maximum atomic E-state index is 6.13. The van der Waals surface area contributed by atoms with E-state index in [1.165, 1.54) is 44.9 Å². The fourth-order valence-corrected chi connectivity index (χ4v) is 5.02. The monoisotopic (exact) mass is 377 g/mol. The van der Waals surface area contributed by atoms with Crippen LogP contribution in [0.2, 0.25) is 0 Å². The zero-order chi connectivity index (χ0) is 19.1. The van der Waals surface area contributed by atoms with Crippen LogP contribution in [-0.4, -0.2) is 32.8 Å². The number of aromatic amines is 1. The minimum Gasteiger partial charge on any atom is -0.382 e. The van der Waals surface area contributed by atoms with Gasteiger partial charge in [0.15, 0.2) is 5.82 Å². The lowest BCUT2D eigenvalue weighted by atomic mass is 9.89. The zero-order valence-corrected chi connectivity index (χ0v) is 16.1. The highest BCUT2D eigenvalue weighted by Gasteiger charge is 2.32. The minimum absolute atomic E-state index is 0.326. The molecule has 2 aliphatic rings. The fourth-order valence-electron chi connectivity index (χ4n) is 5.02. The number of piperidine rings is 1. The van der Waals surface area contributed by atoms with Gasteiger partial charge in [0.2, 0.25) is 5.95 Å². The number of rotatable bonds is 3. The zero-order valence-electron chi connectivity index (χ0n) is 16.1. The number of hydrogen-bond donors (Lipinski definition) is 3. The number of aromatic nitrogens is 4. The first-order valence-electron chi connectivity index (χ1n) is 10.3. The maximum Gasteiger partial charge on any atom is 0.222 e. The lowest BCUT2D eigenvalue weighted by molar-refractivity contribution is 0.340. The van der Waals surface area contributed by atoms with Crippen LogP contribution >= 0.6 is 0 Å². The summed E-state index contributed by atoms with van der Waals surface area (Å²) in [6.45, 7) is 1.05. The Morgan fingerprint density at radius 2 is 1.79 bits per heavy atom. The average molecular weight is 377 g/mol. The van der Waals surface area contributed by atoms with Crippen molar-refractivity contribution < 1.29 is 0 Å². The van der Waals surface area contributed by atoms with E-state index in [0.717, 1.165) is 40.4 Å². The lowest BCUT2D eigenvalue weighted by Crippen LogP contribution is -2.44. The number of nitrogen functional groups attached to an aromatic ring is 2. The van der Waals surface area contributed by atoms with Gasteiger partial charge in [-0.05, 0) is 50.2 Å². The second-order valence-corrected chi connectivity index (χ2v) is 8.14. The van der Waals surface area contributed by atoms with Crippen LogP contribution in [0, 0.1) is 5.92 Å². The molecule has 7 heteroatoms. The quantitative estimate of drug-likeness (QED) is 0.641. The molecule has 3 aromatic rings. The molecule has 1 aliphatic carbocycles. The van der Waals surface area contributed by atoms with Crippen LogP contribution in [0.5, 0.6) is 0 Å². The van der Waals surface area contributed by atoms with Crippen LogP contribution < -0.4 is 16.4 Å². The molecule has 1 unspecified atom stereocenters. The number of benzene rings is 1. The highest BCUT2D eigenvalue weighted by atomic mass is 15.2. The van der Waals surface area contributed by atoms with E-state index in [1.54, 1.807) is 0 Å². The number of nitrogens with zero attached hydrogens (tertiary/aromatic N) is 4. The molecule has 2 aromatic heterocycles.